The zero-order valence-corrected chi connectivity index (χ0v) is 15.4. The van der Waals surface area contributed by atoms with Gasteiger partial charge in [0.25, 0.3) is 0 Å². The van der Waals surface area contributed by atoms with Crippen LogP contribution in [-0.4, -0.2) is 39.2 Å². The third-order valence-corrected chi connectivity index (χ3v) is 6.15. The minimum absolute atomic E-state index is 0.179. The monoisotopic (exact) mass is 363 g/mol. The van der Waals surface area contributed by atoms with Gasteiger partial charge < -0.3 is 9.47 Å². The van der Waals surface area contributed by atoms with E-state index in [1.54, 1.807) is 11.8 Å². The summed E-state index contributed by atoms with van der Waals surface area (Å²) < 4.78 is 2.05. The Balaban J connectivity index is 1.45. The summed E-state index contributed by atoms with van der Waals surface area (Å²) in [5.74, 6) is 1.89. The molecule has 128 valence electrons. The maximum absolute atomic E-state index is 12.5. The van der Waals surface area contributed by atoms with E-state index < -0.39 is 0 Å². The molecule has 0 bridgehead atoms. The summed E-state index contributed by atoms with van der Waals surface area (Å²) >= 11 is 7.96. The van der Waals surface area contributed by atoms with Crippen LogP contribution < -0.4 is 0 Å². The van der Waals surface area contributed by atoms with Gasteiger partial charge in [-0.1, -0.05) is 41.6 Å². The van der Waals surface area contributed by atoms with E-state index >= 15 is 0 Å². The molecule has 0 aliphatic carbocycles. The van der Waals surface area contributed by atoms with Crippen molar-refractivity contribution >= 4 is 29.3 Å². The van der Waals surface area contributed by atoms with Crippen molar-refractivity contribution in [2.45, 2.75) is 24.4 Å². The van der Waals surface area contributed by atoms with Crippen LogP contribution >= 0.6 is 23.4 Å². The van der Waals surface area contributed by atoms with Crippen LogP contribution in [0.4, 0.5) is 0 Å². The number of benzene rings is 1. The molecule has 4 nitrogen and oxygen atoms in total. The van der Waals surface area contributed by atoms with Crippen LogP contribution in [0.3, 0.4) is 0 Å². The van der Waals surface area contributed by atoms with E-state index in [0.717, 1.165) is 42.4 Å². The summed E-state index contributed by atoms with van der Waals surface area (Å²) in [5, 5.41) is 1.74. The first-order valence-corrected chi connectivity index (χ1v) is 9.61. The zero-order chi connectivity index (χ0) is 16.9. The number of aromatic nitrogens is 2. The Morgan fingerprint density at radius 3 is 2.75 bits per heavy atom. The highest BCUT2D eigenvalue weighted by atomic mass is 35.5. The number of amides is 1. The lowest BCUT2D eigenvalue weighted by molar-refractivity contribution is -0.131. The molecule has 1 aromatic heterocycles. The van der Waals surface area contributed by atoms with Crippen molar-refractivity contribution < 1.29 is 4.79 Å². The molecule has 1 amide bonds. The third kappa shape index (κ3) is 4.33. The van der Waals surface area contributed by atoms with E-state index in [2.05, 4.69) is 4.98 Å². The summed E-state index contributed by atoms with van der Waals surface area (Å²) in [4.78, 5) is 18.8. The van der Waals surface area contributed by atoms with Gasteiger partial charge in [0.2, 0.25) is 5.91 Å². The highest BCUT2D eigenvalue weighted by Gasteiger charge is 2.23. The van der Waals surface area contributed by atoms with E-state index in [4.69, 9.17) is 11.6 Å². The fourth-order valence-electron chi connectivity index (χ4n) is 2.95. The van der Waals surface area contributed by atoms with Crippen LogP contribution in [0.5, 0.6) is 0 Å². The van der Waals surface area contributed by atoms with Crippen LogP contribution in [0.1, 0.15) is 18.4 Å². The predicted octanol–water partition coefficient (Wildman–Crippen LogP) is 3.65. The molecule has 0 spiro atoms. The Labute approximate surface area is 152 Å². The number of aryl methyl sites for hydroxylation is 1. The summed E-state index contributed by atoms with van der Waals surface area (Å²) in [6, 6.07) is 7.58. The van der Waals surface area contributed by atoms with Gasteiger partial charge in [-0.3, -0.25) is 4.79 Å². The summed E-state index contributed by atoms with van der Waals surface area (Å²) in [7, 11) is 2.02. The highest BCUT2D eigenvalue weighted by molar-refractivity contribution is 7.99. The molecule has 2 heterocycles. The Morgan fingerprint density at radius 1 is 1.33 bits per heavy atom. The van der Waals surface area contributed by atoms with E-state index in [-0.39, 0.29) is 5.91 Å². The van der Waals surface area contributed by atoms with Crippen LogP contribution in [0.25, 0.3) is 0 Å². The van der Waals surface area contributed by atoms with Crippen molar-refractivity contribution in [3.8, 4) is 0 Å². The van der Waals surface area contributed by atoms with Crippen LogP contribution in [0.2, 0.25) is 5.02 Å². The molecule has 2 aromatic rings. The van der Waals surface area contributed by atoms with Gasteiger partial charge in [0.05, 0.1) is 6.42 Å². The van der Waals surface area contributed by atoms with Crippen molar-refractivity contribution in [2.24, 2.45) is 13.0 Å². The summed E-state index contributed by atoms with van der Waals surface area (Å²) in [5.41, 5.74) is 0.914. The smallest absolute Gasteiger partial charge is 0.227 e. The van der Waals surface area contributed by atoms with Crippen LogP contribution in [-0.2, 0) is 18.3 Å². The van der Waals surface area contributed by atoms with Crippen molar-refractivity contribution in [1.82, 2.24) is 14.5 Å². The minimum atomic E-state index is 0.179. The maximum Gasteiger partial charge on any atom is 0.227 e. The number of piperidine rings is 1. The Kier molecular flexibility index (Phi) is 5.85. The van der Waals surface area contributed by atoms with Gasteiger partial charge in [0, 0.05) is 43.3 Å². The number of carbonyl (C=O) groups excluding carboxylic acids is 1. The van der Waals surface area contributed by atoms with Crippen LogP contribution in [0.15, 0.2) is 41.8 Å². The second kappa shape index (κ2) is 8.08. The lowest BCUT2D eigenvalue weighted by Crippen LogP contribution is -2.39. The zero-order valence-electron chi connectivity index (χ0n) is 13.8. The maximum atomic E-state index is 12.5. The topological polar surface area (TPSA) is 38.1 Å². The average Bonchev–Trinajstić information content (AvgIpc) is 3.00. The lowest BCUT2D eigenvalue weighted by Gasteiger charge is -2.32. The van der Waals surface area contributed by atoms with Gasteiger partial charge in [0.15, 0.2) is 5.16 Å². The molecule has 3 rings (SSSR count). The van der Waals surface area contributed by atoms with Gasteiger partial charge >= 0.3 is 0 Å². The molecule has 1 fully saturated rings. The van der Waals surface area contributed by atoms with E-state index in [9.17, 15) is 4.79 Å². The molecule has 0 N–H and O–H groups in total. The SMILES string of the molecule is Cn1ccnc1SCC1CCN(C(=O)Cc2ccccc2Cl)CC1. The predicted molar refractivity (Wildman–Crippen MR) is 98.4 cm³/mol. The fraction of sp³-hybridized carbons (Fsp3) is 0.444. The number of hydrogen-bond donors (Lipinski definition) is 0. The average molecular weight is 364 g/mol. The standard InChI is InChI=1S/C18H22ClN3OS/c1-21-11-8-20-18(21)24-13-14-6-9-22(10-7-14)17(23)12-15-4-2-3-5-16(15)19/h2-5,8,11,14H,6-7,9-10,12-13H2,1H3. The van der Waals surface area contributed by atoms with E-state index in [1.807, 2.05) is 53.2 Å². The van der Waals surface area contributed by atoms with Crippen molar-refractivity contribution in [1.29, 1.82) is 0 Å². The molecular formula is C18H22ClN3OS. The van der Waals surface area contributed by atoms with Crippen molar-refractivity contribution in [2.75, 3.05) is 18.8 Å². The first-order valence-electron chi connectivity index (χ1n) is 8.25. The van der Waals surface area contributed by atoms with Gasteiger partial charge in [-0.05, 0) is 30.4 Å². The number of nitrogens with zero attached hydrogens (tertiary/aromatic N) is 3. The Morgan fingerprint density at radius 2 is 2.08 bits per heavy atom. The normalized spacial score (nSPS) is 15.7. The van der Waals surface area contributed by atoms with Gasteiger partial charge in [-0.25, -0.2) is 4.98 Å². The number of hydrogen-bond acceptors (Lipinski definition) is 3. The van der Waals surface area contributed by atoms with E-state index in [0.29, 0.717) is 17.4 Å². The summed E-state index contributed by atoms with van der Waals surface area (Å²) in [6.45, 7) is 1.68. The molecule has 1 aliphatic heterocycles. The molecular weight excluding hydrogens is 342 g/mol. The number of halogens is 1. The molecule has 0 radical (unpaired) electrons. The van der Waals surface area contributed by atoms with Crippen LogP contribution in [0, 0.1) is 5.92 Å². The number of thioether (sulfide) groups is 1. The number of imidazole rings is 1. The van der Waals surface area contributed by atoms with Crippen molar-refractivity contribution in [3.63, 3.8) is 0 Å². The second-order valence-corrected chi connectivity index (χ2v) is 7.62. The molecule has 6 heteroatoms. The second-order valence-electron chi connectivity index (χ2n) is 6.22. The number of carbonyl (C=O) groups is 1. The van der Waals surface area contributed by atoms with Gasteiger partial charge in [-0.15, -0.1) is 0 Å². The molecule has 0 saturated carbocycles. The molecule has 1 aliphatic rings. The van der Waals surface area contributed by atoms with Gasteiger partial charge in [0.1, 0.15) is 0 Å². The Bertz CT molecular complexity index is 695. The molecule has 24 heavy (non-hydrogen) atoms. The van der Waals surface area contributed by atoms with E-state index in [1.165, 1.54) is 0 Å². The van der Waals surface area contributed by atoms with Gasteiger partial charge in [-0.2, -0.15) is 0 Å². The Hall–Kier alpha value is -1.46. The molecule has 0 atom stereocenters. The molecule has 1 saturated heterocycles. The third-order valence-electron chi connectivity index (χ3n) is 4.49. The number of rotatable bonds is 5. The van der Waals surface area contributed by atoms with Crippen molar-refractivity contribution in [3.05, 3.63) is 47.2 Å². The minimum Gasteiger partial charge on any atom is -0.342 e. The first kappa shape index (κ1) is 17.4. The highest BCUT2D eigenvalue weighted by Crippen LogP contribution is 2.26. The number of likely N-dealkylation sites (tertiary alicyclic amines) is 1. The first-order chi connectivity index (χ1) is 11.6. The molecule has 1 aromatic carbocycles. The summed E-state index contributed by atoms with van der Waals surface area (Å²) in [6.07, 6.45) is 6.32. The largest absolute Gasteiger partial charge is 0.342 e. The molecule has 0 unspecified atom stereocenters. The fourth-order valence-corrected chi connectivity index (χ4v) is 4.27. The quantitative estimate of drug-likeness (QED) is 0.761. The lowest BCUT2D eigenvalue weighted by atomic mass is 9.98.